The van der Waals surface area contributed by atoms with Crippen molar-refractivity contribution >= 4 is 5.91 Å². The smallest absolute Gasteiger partial charge is 0.254 e. The minimum atomic E-state index is -0.206. The number of nitrogens with two attached hydrogens (primary N) is 1. The third kappa shape index (κ3) is 2.39. The summed E-state index contributed by atoms with van der Waals surface area (Å²) in [6.45, 7) is 11.6. The molecule has 1 aliphatic heterocycles. The minimum Gasteiger partial charge on any atom is -0.335 e. The number of hydrogen-bond acceptors (Lipinski definition) is 2. The van der Waals surface area contributed by atoms with E-state index in [0.717, 1.165) is 16.7 Å². The standard InChI is InChI=1S/C16H24N2O/c1-10(2)16(17)8-18(9-16)15(19)14-12(4)6-11(3)7-13(14)5/h6-7,10H,8-9,17H2,1-5H3. The second kappa shape index (κ2) is 4.64. The second-order valence-corrected chi connectivity index (χ2v) is 6.32. The zero-order valence-corrected chi connectivity index (χ0v) is 12.6. The average molecular weight is 260 g/mol. The van der Waals surface area contributed by atoms with E-state index in [1.165, 1.54) is 5.56 Å². The van der Waals surface area contributed by atoms with Gasteiger partial charge in [-0.2, -0.15) is 0 Å². The van der Waals surface area contributed by atoms with Crippen LogP contribution in [0.4, 0.5) is 0 Å². The number of hydrogen-bond donors (Lipinski definition) is 1. The molecule has 0 unspecified atom stereocenters. The molecule has 0 saturated carbocycles. The van der Waals surface area contributed by atoms with Gasteiger partial charge in [-0.05, 0) is 37.8 Å². The Kier molecular flexibility index (Phi) is 3.43. The number of benzene rings is 1. The molecule has 0 aromatic heterocycles. The molecule has 0 bridgehead atoms. The Hall–Kier alpha value is -1.35. The molecule has 3 nitrogen and oxygen atoms in total. The first-order valence-electron chi connectivity index (χ1n) is 6.90. The molecule has 0 aliphatic carbocycles. The molecule has 1 aromatic rings. The first-order chi connectivity index (χ1) is 8.74. The molecule has 0 atom stereocenters. The van der Waals surface area contributed by atoms with Crippen LogP contribution in [0.2, 0.25) is 0 Å². The van der Waals surface area contributed by atoms with Crippen molar-refractivity contribution in [3.8, 4) is 0 Å². The van der Waals surface area contributed by atoms with Crippen LogP contribution in [0.5, 0.6) is 0 Å². The van der Waals surface area contributed by atoms with Gasteiger partial charge in [-0.15, -0.1) is 0 Å². The zero-order valence-electron chi connectivity index (χ0n) is 12.6. The molecule has 0 spiro atoms. The summed E-state index contributed by atoms with van der Waals surface area (Å²) < 4.78 is 0. The van der Waals surface area contributed by atoms with Crippen molar-refractivity contribution in [1.29, 1.82) is 0 Å². The van der Waals surface area contributed by atoms with Crippen molar-refractivity contribution in [1.82, 2.24) is 4.90 Å². The molecule has 2 rings (SSSR count). The first-order valence-corrected chi connectivity index (χ1v) is 6.90. The van der Waals surface area contributed by atoms with Crippen molar-refractivity contribution in [3.05, 3.63) is 34.4 Å². The lowest BCUT2D eigenvalue weighted by Crippen LogP contribution is -2.71. The fourth-order valence-electron chi connectivity index (χ4n) is 2.85. The summed E-state index contributed by atoms with van der Waals surface area (Å²) in [6.07, 6.45) is 0. The number of carbonyl (C=O) groups is 1. The maximum atomic E-state index is 12.6. The van der Waals surface area contributed by atoms with E-state index in [9.17, 15) is 4.79 Å². The van der Waals surface area contributed by atoms with Gasteiger partial charge in [-0.3, -0.25) is 4.79 Å². The zero-order chi connectivity index (χ0) is 14.4. The fourth-order valence-corrected chi connectivity index (χ4v) is 2.85. The van der Waals surface area contributed by atoms with E-state index in [1.54, 1.807) is 0 Å². The van der Waals surface area contributed by atoms with Gasteiger partial charge in [0.1, 0.15) is 0 Å². The third-order valence-corrected chi connectivity index (χ3v) is 4.30. The number of carbonyl (C=O) groups excluding carboxylic acids is 1. The van der Waals surface area contributed by atoms with Crippen molar-refractivity contribution in [2.24, 2.45) is 11.7 Å². The van der Waals surface area contributed by atoms with Crippen LogP contribution in [0.3, 0.4) is 0 Å². The summed E-state index contributed by atoms with van der Waals surface area (Å²) >= 11 is 0. The van der Waals surface area contributed by atoms with Crippen LogP contribution < -0.4 is 5.73 Å². The summed E-state index contributed by atoms with van der Waals surface area (Å²) in [5.74, 6) is 0.522. The van der Waals surface area contributed by atoms with Crippen molar-refractivity contribution in [2.75, 3.05) is 13.1 Å². The summed E-state index contributed by atoms with van der Waals surface area (Å²) in [5.41, 5.74) is 10.2. The summed E-state index contributed by atoms with van der Waals surface area (Å²) in [7, 11) is 0. The van der Waals surface area contributed by atoms with Gasteiger partial charge in [0.15, 0.2) is 0 Å². The quantitative estimate of drug-likeness (QED) is 0.887. The van der Waals surface area contributed by atoms with Crippen molar-refractivity contribution in [3.63, 3.8) is 0 Å². The summed E-state index contributed by atoms with van der Waals surface area (Å²) in [6, 6.07) is 4.14. The van der Waals surface area contributed by atoms with E-state index < -0.39 is 0 Å². The van der Waals surface area contributed by atoms with Gasteiger partial charge < -0.3 is 10.6 Å². The Bertz CT molecular complexity index is 490. The van der Waals surface area contributed by atoms with E-state index in [1.807, 2.05) is 18.7 Å². The molecule has 1 saturated heterocycles. The highest BCUT2D eigenvalue weighted by Gasteiger charge is 2.44. The molecule has 0 radical (unpaired) electrons. The Balaban J connectivity index is 2.20. The predicted octanol–water partition coefficient (Wildman–Crippen LogP) is 2.42. The molecular weight excluding hydrogens is 236 g/mol. The Morgan fingerprint density at radius 3 is 2.11 bits per heavy atom. The fraction of sp³-hybridized carbons (Fsp3) is 0.562. The lowest BCUT2D eigenvalue weighted by molar-refractivity contribution is 0.0273. The van der Waals surface area contributed by atoms with Crippen LogP contribution in [-0.2, 0) is 0 Å². The second-order valence-electron chi connectivity index (χ2n) is 6.32. The van der Waals surface area contributed by atoms with E-state index >= 15 is 0 Å². The maximum absolute atomic E-state index is 12.6. The highest BCUT2D eigenvalue weighted by Crippen LogP contribution is 2.29. The minimum absolute atomic E-state index is 0.122. The van der Waals surface area contributed by atoms with E-state index in [4.69, 9.17) is 5.73 Å². The highest BCUT2D eigenvalue weighted by molar-refractivity contribution is 5.97. The molecule has 3 heteroatoms. The highest BCUT2D eigenvalue weighted by atomic mass is 16.2. The van der Waals surface area contributed by atoms with E-state index in [2.05, 4.69) is 32.9 Å². The van der Waals surface area contributed by atoms with Gasteiger partial charge in [-0.1, -0.05) is 31.5 Å². The Labute approximate surface area is 115 Å². The lowest BCUT2D eigenvalue weighted by atomic mass is 9.79. The Morgan fingerprint density at radius 2 is 1.68 bits per heavy atom. The SMILES string of the molecule is Cc1cc(C)c(C(=O)N2CC(N)(C(C)C)C2)c(C)c1. The topological polar surface area (TPSA) is 46.3 Å². The van der Waals surface area contributed by atoms with Crippen LogP contribution >= 0.6 is 0 Å². The van der Waals surface area contributed by atoms with E-state index in [0.29, 0.717) is 19.0 Å². The predicted molar refractivity (Wildman–Crippen MR) is 78.3 cm³/mol. The normalized spacial score (nSPS) is 17.5. The summed E-state index contributed by atoms with van der Waals surface area (Å²) in [5, 5.41) is 0. The first kappa shape index (κ1) is 14.1. The number of rotatable bonds is 2. The van der Waals surface area contributed by atoms with Crippen LogP contribution in [0.15, 0.2) is 12.1 Å². The number of likely N-dealkylation sites (tertiary alicyclic amines) is 1. The van der Waals surface area contributed by atoms with Gasteiger partial charge in [0.25, 0.3) is 5.91 Å². The van der Waals surface area contributed by atoms with Crippen molar-refractivity contribution < 1.29 is 4.79 Å². The molecule has 19 heavy (non-hydrogen) atoms. The molecule has 1 fully saturated rings. The molecule has 1 amide bonds. The van der Waals surface area contributed by atoms with Gasteiger partial charge in [0, 0.05) is 18.7 Å². The average Bonchev–Trinajstić information content (AvgIpc) is 2.22. The number of aryl methyl sites for hydroxylation is 3. The monoisotopic (exact) mass is 260 g/mol. The molecule has 2 N–H and O–H groups in total. The van der Waals surface area contributed by atoms with Crippen LogP contribution in [0.1, 0.15) is 40.9 Å². The largest absolute Gasteiger partial charge is 0.335 e. The van der Waals surface area contributed by atoms with Crippen LogP contribution in [0, 0.1) is 26.7 Å². The number of amides is 1. The van der Waals surface area contributed by atoms with Gasteiger partial charge >= 0.3 is 0 Å². The van der Waals surface area contributed by atoms with Crippen LogP contribution in [-0.4, -0.2) is 29.4 Å². The van der Waals surface area contributed by atoms with Crippen molar-refractivity contribution in [2.45, 2.75) is 40.2 Å². The van der Waals surface area contributed by atoms with E-state index in [-0.39, 0.29) is 11.4 Å². The van der Waals surface area contributed by atoms with Gasteiger partial charge in [-0.25, -0.2) is 0 Å². The summed E-state index contributed by atoms with van der Waals surface area (Å²) in [4.78, 5) is 14.4. The number of nitrogens with zero attached hydrogens (tertiary/aromatic N) is 1. The van der Waals surface area contributed by atoms with Gasteiger partial charge in [0.05, 0.1) is 5.54 Å². The molecule has 1 aliphatic rings. The van der Waals surface area contributed by atoms with Gasteiger partial charge in [0.2, 0.25) is 0 Å². The molecule has 1 heterocycles. The molecule has 104 valence electrons. The molecule has 1 aromatic carbocycles. The Morgan fingerprint density at radius 1 is 1.21 bits per heavy atom. The van der Waals surface area contributed by atoms with Crippen LogP contribution in [0.25, 0.3) is 0 Å². The lowest BCUT2D eigenvalue weighted by Gasteiger charge is -2.50. The molecular formula is C16H24N2O. The maximum Gasteiger partial charge on any atom is 0.254 e. The third-order valence-electron chi connectivity index (χ3n) is 4.30.